The first-order valence-electron chi connectivity index (χ1n) is 6.74. The molecule has 0 spiro atoms. The molecule has 1 atom stereocenters. The largest absolute Gasteiger partial charge is 0.469 e. The lowest BCUT2D eigenvalue weighted by molar-refractivity contribution is -0.142. The lowest BCUT2D eigenvalue weighted by atomic mass is 9.98. The molecule has 0 aromatic heterocycles. The fourth-order valence-corrected chi connectivity index (χ4v) is 3.09. The van der Waals surface area contributed by atoms with Crippen LogP contribution in [-0.4, -0.2) is 30.6 Å². The van der Waals surface area contributed by atoms with Crippen molar-refractivity contribution in [3.8, 4) is 0 Å². The first-order valence-corrected chi connectivity index (χ1v) is 7.53. The van der Waals surface area contributed by atoms with Crippen molar-refractivity contribution in [2.24, 2.45) is 0 Å². The minimum Gasteiger partial charge on any atom is -0.469 e. The van der Waals surface area contributed by atoms with Gasteiger partial charge in [0.1, 0.15) is 0 Å². The highest BCUT2D eigenvalue weighted by Gasteiger charge is 2.25. The molecular formula is C15H20BrNO2. The van der Waals surface area contributed by atoms with Crippen molar-refractivity contribution in [2.75, 3.05) is 13.7 Å². The maximum absolute atomic E-state index is 11.5. The lowest BCUT2D eigenvalue weighted by Crippen LogP contribution is -2.40. The second kappa shape index (κ2) is 7.06. The van der Waals surface area contributed by atoms with Crippen LogP contribution < -0.4 is 0 Å². The summed E-state index contributed by atoms with van der Waals surface area (Å²) >= 11 is 3.50. The van der Waals surface area contributed by atoms with Gasteiger partial charge in [0, 0.05) is 17.1 Å². The Morgan fingerprint density at radius 2 is 2.32 bits per heavy atom. The molecule has 1 unspecified atom stereocenters. The maximum Gasteiger partial charge on any atom is 0.307 e. The first-order chi connectivity index (χ1) is 9.19. The molecule has 0 saturated carbocycles. The Balaban J connectivity index is 2.01. The fraction of sp³-hybridized carbons (Fsp3) is 0.533. The van der Waals surface area contributed by atoms with Gasteiger partial charge in [0.15, 0.2) is 0 Å². The standard InChI is InChI=1S/C15H20BrNO2/c1-19-15(18)10-14-7-2-3-8-17(14)11-12-5-4-6-13(16)9-12/h4-6,9,14H,2-3,7-8,10-11H2,1H3. The highest BCUT2D eigenvalue weighted by atomic mass is 79.9. The number of hydrogen-bond donors (Lipinski definition) is 0. The third-order valence-electron chi connectivity index (χ3n) is 3.65. The molecule has 0 aliphatic carbocycles. The van der Waals surface area contributed by atoms with Gasteiger partial charge < -0.3 is 4.74 Å². The molecule has 1 heterocycles. The average Bonchev–Trinajstić information content (AvgIpc) is 2.41. The second-order valence-corrected chi connectivity index (χ2v) is 5.95. The Hall–Kier alpha value is -0.870. The zero-order chi connectivity index (χ0) is 13.7. The van der Waals surface area contributed by atoms with Crippen molar-refractivity contribution in [1.29, 1.82) is 0 Å². The summed E-state index contributed by atoms with van der Waals surface area (Å²) < 4.78 is 5.90. The number of methoxy groups -OCH3 is 1. The molecule has 1 aliphatic rings. The Morgan fingerprint density at radius 3 is 3.05 bits per heavy atom. The van der Waals surface area contributed by atoms with Crippen molar-refractivity contribution >= 4 is 21.9 Å². The Kier molecular flexibility index (Phi) is 5.40. The number of benzene rings is 1. The van der Waals surface area contributed by atoms with E-state index in [1.807, 2.05) is 6.07 Å². The van der Waals surface area contributed by atoms with Crippen LogP contribution in [0.15, 0.2) is 28.7 Å². The third kappa shape index (κ3) is 4.32. The van der Waals surface area contributed by atoms with Gasteiger partial charge in [-0.2, -0.15) is 0 Å². The summed E-state index contributed by atoms with van der Waals surface area (Å²) in [7, 11) is 1.46. The van der Waals surface area contributed by atoms with Gasteiger partial charge in [-0.15, -0.1) is 0 Å². The summed E-state index contributed by atoms with van der Waals surface area (Å²) in [5, 5.41) is 0. The van der Waals surface area contributed by atoms with E-state index < -0.39 is 0 Å². The van der Waals surface area contributed by atoms with Crippen molar-refractivity contribution < 1.29 is 9.53 Å². The Morgan fingerprint density at radius 1 is 1.47 bits per heavy atom. The number of nitrogens with zero attached hydrogens (tertiary/aromatic N) is 1. The normalized spacial score (nSPS) is 20.2. The molecule has 1 aromatic rings. The number of hydrogen-bond acceptors (Lipinski definition) is 3. The van der Waals surface area contributed by atoms with Gasteiger partial charge in [0.05, 0.1) is 13.5 Å². The van der Waals surface area contributed by atoms with Crippen LogP contribution in [-0.2, 0) is 16.1 Å². The van der Waals surface area contributed by atoms with Crippen LogP contribution in [0.2, 0.25) is 0 Å². The molecule has 1 fully saturated rings. The molecule has 0 radical (unpaired) electrons. The van der Waals surface area contributed by atoms with Crippen molar-refractivity contribution in [2.45, 2.75) is 38.3 Å². The van der Waals surface area contributed by atoms with Crippen LogP contribution in [0.4, 0.5) is 0 Å². The van der Waals surface area contributed by atoms with Crippen LogP contribution in [0.3, 0.4) is 0 Å². The smallest absolute Gasteiger partial charge is 0.307 e. The van der Waals surface area contributed by atoms with E-state index in [0.717, 1.165) is 24.0 Å². The van der Waals surface area contributed by atoms with Gasteiger partial charge in [-0.3, -0.25) is 9.69 Å². The van der Waals surface area contributed by atoms with Crippen LogP contribution in [0.1, 0.15) is 31.2 Å². The van der Waals surface area contributed by atoms with Crippen molar-refractivity contribution in [1.82, 2.24) is 4.90 Å². The lowest BCUT2D eigenvalue weighted by Gasteiger charge is -2.35. The zero-order valence-electron chi connectivity index (χ0n) is 11.3. The molecule has 1 aromatic carbocycles. The highest BCUT2D eigenvalue weighted by molar-refractivity contribution is 9.10. The molecule has 0 N–H and O–H groups in total. The van der Waals surface area contributed by atoms with Gasteiger partial charge >= 0.3 is 5.97 Å². The summed E-state index contributed by atoms with van der Waals surface area (Å²) in [5.41, 5.74) is 1.28. The van der Waals surface area contributed by atoms with Crippen LogP contribution >= 0.6 is 15.9 Å². The van der Waals surface area contributed by atoms with E-state index in [9.17, 15) is 4.79 Å². The first kappa shape index (κ1) is 14.5. The van der Waals surface area contributed by atoms with E-state index in [0.29, 0.717) is 12.5 Å². The predicted octanol–water partition coefficient (Wildman–Crippen LogP) is 3.37. The summed E-state index contributed by atoms with van der Waals surface area (Å²) in [6.45, 7) is 1.97. The average molecular weight is 326 g/mol. The van der Waals surface area contributed by atoms with E-state index in [1.165, 1.54) is 25.5 Å². The number of rotatable bonds is 4. The van der Waals surface area contributed by atoms with E-state index >= 15 is 0 Å². The van der Waals surface area contributed by atoms with E-state index in [4.69, 9.17) is 4.74 Å². The van der Waals surface area contributed by atoms with Crippen LogP contribution in [0.5, 0.6) is 0 Å². The Labute approximate surface area is 123 Å². The second-order valence-electron chi connectivity index (χ2n) is 5.03. The van der Waals surface area contributed by atoms with Gasteiger partial charge in [0.2, 0.25) is 0 Å². The quantitative estimate of drug-likeness (QED) is 0.795. The summed E-state index contributed by atoms with van der Waals surface area (Å²) in [4.78, 5) is 13.9. The number of likely N-dealkylation sites (tertiary alicyclic amines) is 1. The molecule has 3 nitrogen and oxygen atoms in total. The Bertz CT molecular complexity index is 436. The number of carbonyl (C=O) groups excluding carboxylic acids is 1. The summed E-state index contributed by atoms with van der Waals surface area (Å²) in [6.07, 6.45) is 4.01. The molecule has 19 heavy (non-hydrogen) atoms. The zero-order valence-corrected chi connectivity index (χ0v) is 12.9. The molecular weight excluding hydrogens is 306 g/mol. The van der Waals surface area contributed by atoms with Crippen LogP contribution in [0.25, 0.3) is 0 Å². The van der Waals surface area contributed by atoms with Gasteiger partial charge in [0.25, 0.3) is 0 Å². The minimum absolute atomic E-state index is 0.105. The van der Waals surface area contributed by atoms with Crippen molar-refractivity contribution in [3.63, 3.8) is 0 Å². The number of carbonyl (C=O) groups is 1. The van der Waals surface area contributed by atoms with Gasteiger partial charge in [-0.05, 0) is 37.1 Å². The molecule has 1 aliphatic heterocycles. The maximum atomic E-state index is 11.5. The minimum atomic E-state index is -0.105. The van der Waals surface area contributed by atoms with E-state index in [-0.39, 0.29) is 5.97 Å². The topological polar surface area (TPSA) is 29.5 Å². The number of esters is 1. The number of ether oxygens (including phenoxy) is 1. The molecule has 4 heteroatoms. The predicted molar refractivity (Wildman–Crippen MR) is 78.8 cm³/mol. The highest BCUT2D eigenvalue weighted by Crippen LogP contribution is 2.23. The van der Waals surface area contributed by atoms with Gasteiger partial charge in [-0.25, -0.2) is 0 Å². The number of piperidine rings is 1. The SMILES string of the molecule is COC(=O)CC1CCCCN1Cc1cccc(Br)c1. The van der Waals surface area contributed by atoms with E-state index in [1.54, 1.807) is 0 Å². The fourth-order valence-electron chi connectivity index (χ4n) is 2.64. The number of halogens is 1. The van der Waals surface area contributed by atoms with Crippen LogP contribution in [0, 0.1) is 0 Å². The third-order valence-corrected chi connectivity index (χ3v) is 4.15. The molecule has 104 valence electrons. The van der Waals surface area contributed by atoms with Crippen molar-refractivity contribution in [3.05, 3.63) is 34.3 Å². The molecule has 0 bridgehead atoms. The molecule has 2 rings (SSSR count). The van der Waals surface area contributed by atoms with E-state index in [2.05, 4.69) is 39.0 Å². The summed E-state index contributed by atoms with van der Waals surface area (Å²) in [5.74, 6) is -0.105. The molecule has 1 saturated heterocycles. The molecule has 0 amide bonds. The summed E-state index contributed by atoms with van der Waals surface area (Å²) in [6, 6.07) is 8.68. The monoisotopic (exact) mass is 325 g/mol. The van der Waals surface area contributed by atoms with Gasteiger partial charge in [-0.1, -0.05) is 34.5 Å².